The molecule has 5 heteroatoms. The van der Waals surface area contributed by atoms with Crippen LogP contribution in [0.25, 0.3) is 0 Å². The number of benzene rings is 2. The van der Waals surface area contributed by atoms with Gasteiger partial charge in [0.15, 0.2) is 0 Å². The lowest BCUT2D eigenvalue weighted by Gasteiger charge is -2.12. The molecule has 0 spiro atoms. The standard InChI is InChI=1S/C16H19NO2S2/c1-13(2)20(15-7-5-4-6-8-15)17-21(18,19)16-11-9-14(3)10-12-16/h4-13H,1-3H3/t20-/m0/s1. The molecule has 3 nitrogen and oxygen atoms in total. The van der Waals surface area contributed by atoms with Crippen molar-refractivity contribution in [1.82, 2.24) is 0 Å². The summed E-state index contributed by atoms with van der Waals surface area (Å²) in [6, 6.07) is 16.4. The SMILES string of the molecule is Cc1ccc(S(=O)(=O)/N=[S@](/c2ccccc2)C(C)C)cc1. The summed E-state index contributed by atoms with van der Waals surface area (Å²) in [5, 5.41) is 0.132. The molecule has 112 valence electrons. The number of sulfonamides is 1. The molecule has 2 aromatic carbocycles. The summed E-state index contributed by atoms with van der Waals surface area (Å²) in [6.07, 6.45) is 0. The Hall–Kier alpha value is -1.46. The minimum absolute atomic E-state index is 0.132. The van der Waals surface area contributed by atoms with Gasteiger partial charge in [-0.25, -0.2) is 0 Å². The Bertz CT molecular complexity index is 734. The van der Waals surface area contributed by atoms with Crippen LogP contribution in [0.2, 0.25) is 0 Å². The predicted octanol–water partition coefficient (Wildman–Crippen LogP) is 3.95. The molecule has 21 heavy (non-hydrogen) atoms. The Morgan fingerprint density at radius 1 is 0.952 bits per heavy atom. The van der Waals surface area contributed by atoms with Crippen LogP contribution in [0.4, 0.5) is 0 Å². The second kappa shape index (κ2) is 6.54. The van der Waals surface area contributed by atoms with Crippen LogP contribution in [-0.2, 0) is 20.7 Å². The number of nitrogens with zero attached hydrogens (tertiary/aromatic N) is 1. The summed E-state index contributed by atoms with van der Waals surface area (Å²) in [6.45, 7) is 5.91. The third-order valence-electron chi connectivity index (χ3n) is 2.93. The second-order valence-corrected chi connectivity index (χ2v) is 9.10. The molecule has 0 bridgehead atoms. The van der Waals surface area contributed by atoms with Crippen LogP contribution in [0.1, 0.15) is 19.4 Å². The Balaban J connectivity index is 2.49. The van der Waals surface area contributed by atoms with Crippen LogP contribution < -0.4 is 0 Å². The third-order valence-corrected chi connectivity index (χ3v) is 6.87. The predicted molar refractivity (Wildman–Crippen MR) is 88.0 cm³/mol. The highest BCUT2D eigenvalue weighted by Gasteiger charge is 2.16. The summed E-state index contributed by atoms with van der Waals surface area (Å²) >= 11 is 0. The molecular weight excluding hydrogens is 302 g/mol. The fourth-order valence-corrected chi connectivity index (χ4v) is 5.50. The van der Waals surface area contributed by atoms with Gasteiger partial charge in [-0.15, -0.1) is 3.77 Å². The van der Waals surface area contributed by atoms with Crippen LogP contribution in [0.5, 0.6) is 0 Å². The van der Waals surface area contributed by atoms with Crippen molar-refractivity contribution in [2.24, 2.45) is 3.77 Å². The zero-order chi connectivity index (χ0) is 15.5. The molecule has 2 rings (SSSR count). The lowest BCUT2D eigenvalue weighted by molar-refractivity contribution is 0.598. The number of aryl methyl sites for hydroxylation is 1. The van der Waals surface area contributed by atoms with E-state index < -0.39 is 20.7 Å². The molecule has 0 unspecified atom stereocenters. The highest BCUT2D eigenvalue weighted by Crippen LogP contribution is 2.20. The summed E-state index contributed by atoms with van der Waals surface area (Å²) < 4.78 is 29.1. The van der Waals surface area contributed by atoms with Crippen molar-refractivity contribution in [3.63, 3.8) is 0 Å². The molecule has 0 radical (unpaired) electrons. The van der Waals surface area contributed by atoms with E-state index >= 15 is 0 Å². The van der Waals surface area contributed by atoms with Gasteiger partial charge in [-0.3, -0.25) is 0 Å². The molecule has 0 aliphatic rings. The molecule has 0 fully saturated rings. The van der Waals surface area contributed by atoms with Gasteiger partial charge in [0.05, 0.1) is 4.90 Å². The summed E-state index contributed by atoms with van der Waals surface area (Å²) in [4.78, 5) is 1.20. The van der Waals surface area contributed by atoms with Crippen LogP contribution in [0.15, 0.2) is 68.2 Å². The fraction of sp³-hybridized carbons (Fsp3) is 0.250. The minimum Gasteiger partial charge on any atom is -0.199 e. The molecular formula is C16H19NO2S2. The van der Waals surface area contributed by atoms with Gasteiger partial charge in [0.2, 0.25) is 0 Å². The van der Waals surface area contributed by atoms with Crippen molar-refractivity contribution in [3.8, 4) is 0 Å². The highest BCUT2D eigenvalue weighted by atomic mass is 32.3. The van der Waals surface area contributed by atoms with Crippen LogP contribution in [0, 0.1) is 6.92 Å². The third kappa shape index (κ3) is 4.02. The summed E-state index contributed by atoms with van der Waals surface area (Å²) in [5.74, 6) is 0. The normalized spacial score (nSPS) is 13.5. The van der Waals surface area contributed by atoms with Crippen molar-refractivity contribution in [3.05, 3.63) is 60.2 Å². The molecule has 0 heterocycles. The molecule has 0 N–H and O–H groups in total. The second-order valence-electron chi connectivity index (χ2n) is 5.04. The molecule has 1 atom stereocenters. The highest BCUT2D eigenvalue weighted by molar-refractivity contribution is 8.00. The van der Waals surface area contributed by atoms with E-state index in [9.17, 15) is 8.42 Å². The van der Waals surface area contributed by atoms with Crippen LogP contribution in [-0.4, -0.2) is 13.7 Å². The number of rotatable bonds is 4. The van der Waals surface area contributed by atoms with Gasteiger partial charge >= 0.3 is 0 Å². The first-order valence-electron chi connectivity index (χ1n) is 6.73. The number of hydrogen-bond acceptors (Lipinski definition) is 2. The maximum absolute atomic E-state index is 12.5. The summed E-state index contributed by atoms with van der Waals surface area (Å²) in [7, 11) is -4.31. The lowest BCUT2D eigenvalue weighted by atomic mass is 10.2. The Labute approximate surface area is 129 Å². The monoisotopic (exact) mass is 321 g/mol. The average Bonchev–Trinajstić information content (AvgIpc) is 2.46. The van der Waals surface area contributed by atoms with Gasteiger partial charge in [0.25, 0.3) is 10.0 Å². The van der Waals surface area contributed by atoms with Gasteiger partial charge in [-0.1, -0.05) is 49.7 Å². The first-order chi connectivity index (χ1) is 9.90. The quantitative estimate of drug-likeness (QED) is 0.856. The first-order valence-corrected chi connectivity index (χ1v) is 9.41. The van der Waals surface area contributed by atoms with E-state index in [1.54, 1.807) is 24.3 Å². The van der Waals surface area contributed by atoms with E-state index in [1.807, 2.05) is 51.1 Å². The zero-order valence-corrected chi connectivity index (χ0v) is 14.0. The topological polar surface area (TPSA) is 46.5 Å². The van der Waals surface area contributed by atoms with E-state index in [0.717, 1.165) is 10.5 Å². The zero-order valence-electron chi connectivity index (χ0n) is 12.4. The molecule has 0 aliphatic carbocycles. The molecule has 0 saturated carbocycles. The molecule has 0 saturated heterocycles. The van der Waals surface area contributed by atoms with Gasteiger partial charge in [0.1, 0.15) is 0 Å². The first kappa shape index (κ1) is 15.9. The summed E-state index contributed by atoms with van der Waals surface area (Å²) in [5.41, 5.74) is 1.03. The van der Waals surface area contributed by atoms with Crippen LogP contribution >= 0.6 is 0 Å². The largest absolute Gasteiger partial charge is 0.288 e. The Kier molecular flexibility index (Phi) is 4.96. The van der Waals surface area contributed by atoms with E-state index in [1.165, 1.54) is 0 Å². The van der Waals surface area contributed by atoms with Crippen molar-refractivity contribution in [1.29, 1.82) is 0 Å². The Morgan fingerprint density at radius 2 is 1.52 bits per heavy atom. The van der Waals surface area contributed by atoms with Crippen LogP contribution in [0.3, 0.4) is 0 Å². The maximum Gasteiger partial charge on any atom is 0.288 e. The van der Waals surface area contributed by atoms with E-state index in [-0.39, 0.29) is 10.1 Å². The van der Waals surface area contributed by atoms with Crippen molar-refractivity contribution in [2.75, 3.05) is 0 Å². The van der Waals surface area contributed by atoms with Gasteiger partial charge in [-0.2, -0.15) is 8.42 Å². The van der Waals surface area contributed by atoms with Gasteiger partial charge in [0, 0.05) is 10.1 Å². The van der Waals surface area contributed by atoms with E-state index in [2.05, 4.69) is 3.77 Å². The van der Waals surface area contributed by atoms with E-state index in [0.29, 0.717) is 0 Å². The minimum atomic E-state index is -3.63. The average molecular weight is 321 g/mol. The lowest BCUT2D eigenvalue weighted by Crippen LogP contribution is -2.09. The van der Waals surface area contributed by atoms with Gasteiger partial charge in [-0.05, 0) is 41.9 Å². The molecule has 0 aromatic heterocycles. The molecule has 0 aliphatic heterocycles. The van der Waals surface area contributed by atoms with Crippen molar-refractivity contribution in [2.45, 2.75) is 35.8 Å². The fourth-order valence-electron chi connectivity index (χ4n) is 1.82. The smallest absolute Gasteiger partial charge is 0.199 e. The Morgan fingerprint density at radius 3 is 2.05 bits per heavy atom. The van der Waals surface area contributed by atoms with Crippen molar-refractivity contribution < 1.29 is 8.42 Å². The maximum atomic E-state index is 12.5. The van der Waals surface area contributed by atoms with E-state index in [4.69, 9.17) is 0 Å². The molecule has 2 aromatic rings. The van der Waals surface area contributed by atoms with Gasteiger partial charge < -0.3 is 0 Å². The number of hydrogen-bond donors (Lipinski definition) is 0. The molecule has 0 amide bonds. The van der Waals surface area contributed by atoms with Crippen molar-refractivity contribution >= 4 is 20.7 Å².